The summed E-state index contributed by atoms with van der Waals surface area (Å²) in [5.74, 6) is -2.95. The van der Waals surface area contributed by atoms with E-state index in [1.165, 1.54) is 24.4 Å². The quantitative estimate of drug-likeness (QED) is 0.330. The number of amides is 2. The van der Waals surface area contributed by atoms with Crippen LogP contribution >= 0.6 is 0 Å². The average Bonchev–Trinajstić information content (AvgIpc) is 2.75. The zero-order valence-corrected chi connectivity index (χ0v) is 17.7. The molecule has 2 amide bonds. The summed E-state index contributed by atoms with van der Waals surface area (Å²) in [5, 5.41) is 15.3. The predicted octanol–water partition coefficient (Wildman–Crippen LogP) is 1.96. The molecular formula is C22H21F2N5O4. The lowest BCUT2D eigenvalue weighted by Crippen LogP contribution is -2.34. The molecule has 0 bridgehead atoms. The van der Waals surface area contributed by atoms with Gasteiger partial charge in [-0.25, -0.2) is 13.8 Å². The van der Waals surface area contributed by atoms with E-state index in [2.05, 4.69) is 15.6 Å². The first-order valence-electron chi connectivity index (χ1n) is 9.82. The third-order valence-corrected chi connectivity index (χ3v) is 4.59. The number of aromatic nitrogens is 2. The van der Waals surface area contributed by atoms with Crippen LogP contribution in [0.3, 0.4) is 0 Å². The summed E-state index contributed by atoms with van der Waals surface area (Å²) < 4.78 is 27.0. The maximum Gasteiger partial charge on any atom is 0.299 e. The highest BCUT2D eigenvalue weighted by atomic mass is 19.1. The molecule has 3 rings (SSSR count). The number of nitrogens with two attached hydrogens (primary N) is 1. The lowest BCUT2D eigenvalue weighted by atomic mass is 10.1. The van der Waals surface area contributed by atoms with Gasteiger partial charge in [0.2, 0.25) is 5.91 Å². The molecule has 0 spiro atoms. The van der Waals surface area contributed by atoms with Crippen LogP contribution in [0.25, 0.3) is 17.1 Å². The zero-order chi connectivity index (χ0) is 24.3. The summed E-state index contributed by atoms with van der Waals surface area (Å²) in [6, 6.07) is 4.23. The van der Waals surface area contributed by atoms with Crippen molar-refractivity contribution in [1.82, 2.24) is 20.3 Å². The van der Waals surface area contributed by atoms with E-state index in [4.69, 9.17) is 5.73 Å². The molecule has 33 heavy (non-hydrogen) atoms. The van der Waals surface area contributed by atoms with E-state index in [9.17, 15) is 28.4 Å². The molecule has 0 fully saturated rings. The first-order valence-corrected chi connectivity index (χ1v) is 9.82. The Morgan fingerprint density at radius 3 is 2.67 bits per heavy atom. The second-order valence-electron chi connectivity index (χ2n) is 7.46. The number of rotatable bonds is 6. The number of hydrogen-bond acceptors (Lipinski definition) is 6. The molecule has 2 aromatic heterocycles. The summed E-state index contributed by atoms with van der Waals surface area (Å²) >= 11 is 0. The van der Waals surface area contributed by atoms with Crippen LogP contribution in [-0.4, -0.2) is 32.8 Å². The highest BCUT2D eigenvalue weighted by molar-refractivity contribution is 6.06. The molecule has 3 aromatic rings. The van der Waals surface area contributed by atoms with Crippen LogP contribution in [0, 0.1) is 11.6 Å². The number of fused-ring (bicyclic) bond motifs is 1. The Balaban J connectivity index is 1.94. The van der Waals surface area contributed by atoms with Gasteiger partial charge < -0.3 is 21.6 Å². The summed E-state index contributed by atoms with van der Waals surface area (Å²) in [5.41, 5.74) is 4.31. The van der Waals surface area contributed by atoms with E-state index in [0.29, 0.717) is 11.6 Å². The molecule has 11 heteroatoms. The molecule has 0 saturated carbocycles. The standard InChI is InChI=1S/C22H21F2N5O4/c1-11(2)28-17(30)6-3-12-7-15-19(25)18(22(32)29(33)20(15)26-9-12)21(31)27-10-13-4-5-14(23)8-16(13)24/h3-9,11,33H,10,25H2,1-2H3,(H,27,31)(H,28,30). The third kappa shape index (κ3) is 5.14. The second kappa shape index (κ2) is 9.47. The number of halogens is 2. The zero-order valence-electron chi connectivity index (χ0n) is 17.7. The van der Waals surface area contributed by atoms with Gasteiger partial charge in [-0.15, -0.1) is 4.73 Å². The first-order chi connectivity index (χ1) is 15.6. The van der Waals surface area contributed by atoms with Gasteiger partial charge >= 0.3 is 0 Å². The molecule has 0 unspecified atom stereocenters. The molecule has 172 valence electrons. The molecule has 9 nitrogen and oxygen atoms in total. The maximum atomic E-state index is 13.8. The van der Waals surface area contributed by atoms with E-state index in [1.54, 1.807) is 0 Å². The Labute approximate surface area is 186 Å². The SMILES string of the molecule is CC(C)NC(=O)C=Cc1cnc2c(c1)c(N)c(C(=O)NCc1ccc(F)cc1F)c(=O)n2O. The molecule has 5 N–H and O–H groups in total. The Morgan fingerprint density at radius 1 is 1.27 bits per heavy atom. The number of hydrogen-bond donors (Lipinski definition) is 4. The minimum Gasteiger partial charge on any atom is -0.423 e. The highest BCUT2D eigenvalue weighted by Crippen LogP contribution is 2.22. The smallest absolute Gasteiger partial charge is 0.299 e. The third-order valence-electron chi connectivity index (χ3n) is 4.59. The van der Waals surface area contributed by atoms with Gasteiger partial charge in [0, 0.05) is 41.9 Å². The van der Waals surface area contributed by atoms with Gasteiger partial charge in [-0.1, -0.05) is 6.07 Å². The number of anilines is 1. The maximum absolute atomic E-state index is 13.8. The van der Waals surface area contributed by atoms with E-state index in [1.807, 2.05) is 13.8 Å². The van der Waals surface area contributed by atoms with Gasteiger partial charge in [0.1, 0.15) is 17.2 Å². The van der Waals surface area contributed by atoms with Crippen LogP contribution < -0.4 is 21.9 Å². The van der Waals surface area contributed by atoms with Gasteiger partial charge in [0.25, 0.3) is 11.5 Å². The Morgan fingerprint density at radius 2 is 2.00 bits per heavy atom. The van der Waals surface area contributed by atoms with Gasteiger partial charge in [-0.3, -0.25) is 14.4 Å². The number of nitrogen functional groups attached to an aromatic ring is 1. The fourth-order valence-corrected chi connectivity index (χ4v) is 3.04. The predicted molar refractivity (Wildman–Crippen MR) is 117 cm³/mol. The number of nitrogens with zero attached hydrogens (tertiary/aromatic N) is 2. The van der Waals surface area contributed by atoms with Crippen LogP contribution in [0.1, 0.15) is 35.3 Å². The molecule has 2 heterocycles. The normalized spacial score (nSPS) is 11.3. The summed E-state index contributed by atoms with van der Waals surface area (Å²) in [4.78, 5) is 40.9. The number of benzene rings is 1. The van der Waals surface area contributed by atoms with Gasteiger partial charge in [-0.2, -0.15) is 0 Å². The molecule has 0 aliphatic carbocycles. The summed E-state index contributed by atoms with van der Waals surface area (Å²) in [7, 11) is 0. The van der Waals surface area contributed by atoms with Gasteiger partial charge in [0.05, 0.1) is 5.69 Å². The number of pyridine rings is 2. The van der Waals surface area contributed by atoms with Crippen molar-refractivity contribution < 1.29 is 23.6 Å². The van der Waals surface area contributed by atoms with Crippen molar-refractivity contribution >= 4 is 34.6 Å². The summed E-state index contributed by atoms with van der Waals surface area (Å²) in [6.45, 7) is 3.27. The number of carbonyl (C=O) groups is 2. The topological polar surface area (TPSA) is 139 Å². The van der Waals surface area contributed by atoms with Crippen LogP contribution in [0.4, 0.5) is 14.5 Å². The van der Waals surface area contributed by atoms with Crippen LogP contribution in [0.2, 0.25) is 0 Å². The van der Waals surface area contributed by atoms with Crippen LogP contribution in [0.5, 0.6) is 0 Å². The van der Waals surface area contributed by atoms with E-state index < -0.39 is 28.7 Å². The van der Waals surface area contributed by atoms with E-state index in [0.717, 1.165) is 12.1 Å². The van der Waals surface area contributed by atoms with Crippen molar-refractivity contribution in [1.29, 1.82) is 0 Å². The van der Waals surface area contributed by atoms with Gasteiger partial charge in [0.15, 0.2) is 5.65 Å². The van der Waals surface area contributed by atoms with Crippen molar-refractivity contribution in [3.8, 4) is 0 Å². The molecule has 0 aliphatic rings. The largest absolute Gasteiger partial charge is 0.423 e. The number of nitrogens with one attached hydrogen (secondary N) is 2. The summed E-state index contributed by atoms with van der Waals surface area (Å²) in [6.07, 6.45) is 4.04. The monoisotopic (exact) mass is 457 g/mol. The van der Waals surface area contributed by atoms with Crippen molar-refractivity contribution in [3.63, 3.8) is 0 Å². The molecule has 0 radical (unpaired) electrons. The fraction of sp³-hybridized carbons (Fsp3) is 0.182. The first kappa shape index (κ1) is 23.4. The Hall–Kier alpha value is -4.28. The van der Waals surface area contributed by atoms with E-state index in [-0.39, 0.29) is 45.5 Å². The Bertz CT molecular complexity index is 1330. The number of carbonyl (C=O) groups excluding carboxylic acids is 2. The minimum atomic E-state index is -1.12. The lowest BCUT2D eigenvalue weighted by Gasteiger charge is -2.12. The molecular weight excluding hydrogens is 436 g/mol. The van der Waals surface area contributed by atoms with Crippen LogP contribution in [-0.2, 0) is 11.3 Å². The fourth-order valence-electron chi connectivity index (χ4n) is 3.04. The Kier molecular flexibility index (Phi) is 6.71. The molecule has 0 atom stereocenters. The average molecular weight is 457 g/mol. The van der Waals surface area contributed by atoms with E-state index >= 15 is 0 Å². The lowest BCUT2D eigenvalue weighted by molar-refractivity contribution is -0.116. The highest BCUT2D eigenvalue weighted by Gasteiger charge is 2.22. The van der Waals surface area contributed by atoms with Crippen LogP contribution in [0.15, 0.2) is 41.3 Å². The minimum absolute atomic E-state index is 0.0119. The van der Waals surface area contributed by atoms with Crippen molar-refractivity contribution in [2.24, 2.45) is 0 Å². The second-order valence-corrected chi connectivity index (χ2v) is 7.46. The molecule has 0 saturated heterocycles. The molecule has 0 aliphatic heterocycles. The van der Waals surface area contributed by atoms with Crippen molar-refractivity contribution in [3.05, 3.63) is 75.2 Å². The van der Waals surface area contributed by atoms with Crippen molar-refractivity contribution in [2.45, 2.75) is 26.4 Å². The molecule has 1 aromatic carbocycles. The van der Waals surface area contributed by atoms with Gasteiger partial charge in [-0.05, 0) is 37.6 Å². The van der Waals surface area contributed by atoms with Crippen molar-refractivity contribution in [2.75, 3.05) is 5.73 Å².